The molecule has 2 aromatic heterocycles. The van der Waals surface area contributed by atoms with Gasteiger partial charge in [-0.25, -0.2) is 0 Å². The lowest BCUT2D eigenvalue weighted by molar-refractivity contribution is -0.152. The Hall–Kier alpha value is -4.40. The van der Waals surface area contributed by atoms with Crippen LogP contribution in [-0.2, 0) is 9.59 Å². The number of hydrogen-bond donors (Lipinski definition) is 2. The quantitative estimate of drug-likeness (QED) is 0.143. The molecular formula is C41H46N2O6. The number of ether oxygens (including phenoxy) is 2. The lowest BCUT2D eigenvalue weighted by Crippen LogP contribution is -2.39. The van der Waals surface area contributed by atoms with Crippen molar-refractivity contribution in [3.63, 3.8) is 0 Å². The standard InChI is InChI=1S/C41H46N2O6/c1-40(2,3)36(44)32-11-7-9-30(42-32)24-15-19-28(20-16-24)48-38(46)34-26-13-14-27(23-26)35(34)39(47)49-29-21-17-25(18-22-29)31-10-8-12-33(43-31)37(45)41(4,5)6/h7-12,15-22,26-27,34-37,44-45H,13-14,23H2,1-6H3/t26-,27+,34+,35-,36-,37-/m0/s1. The summed E-state index contributed by atoms with van der Waals surface area (Å²) in [6.45, 7) is 11.8. The zero-order valence-corrected chi connectivity index (χ0v) is 29.1. The van der Waals surface area contributed by atoms with Crippen LogP contribution in [0.1, 0.15) is 84.4 Å². The van der Waals surface area contributed by atoms with Gasteiger partial charge in [-0.2, -0.15) is 0 Å². The van der Waals surface area contributed by atoms with Gasteiger partial charge in [-0.15, -0.1) is 0 Å². The van der Waals surface area contributed by atoms with E-state index in [1.54, 1.807) is 24.3 Å². The van der Waals surface area contributed by atoms with Crippen LogP contribution < -0.4 is 9.47 Å². The molecule has 256 valence electrons. The van der Waals surface area contributed by atoms with Crippen LogP contribution in [0.2, 0.25) is 0 Å². The molecule has 8 nitrogen and oxygen atoms in total. The van der Waals surface area contributed by atoms with E-state index in [1.807, 2.05) is 102 Å². The Labute approximate surface area is 288 Å². The summed E-state index contributed by atoms with van der Waals surface area (Å²) in [5.74, 6) is -0.981. The van der Waals surface area contributed by atoms with Crippen molar-refractivity contribution in [3.05, 3.63) is 96.3 Å². The van der Waals surface area contributed by atoms with Crippen molar-refractivity contribution < 1.29 is 29.3 Å². The second-order valence-corrected chi connectivity index (χ2v) is 15.7. The van der Waals surface area contributed by atoms with Gasteiger partial charge in [0.2, 0.25) is 0 Å². The van der Waals surface area contributed by atoms with Crippen LogP contribution in [0.4, 0.5) is 0 Å². The summed E-state index contributed by atoms with van der Waals surface area (Å²) in [6, 6.07) is 25.4. The van der Waals surface area contributed by atoms with Crippen LogP contribution >= 0.6 is 0 Å². The van der Waals surface area contributed by atoms with E-state index in [1.165, 1.54) is 0 Å². The molecule has 6 rings (SSSR count). The molecule has 0 spiro atoms. The van der Waals surface area contributed by atoms with E-state index in [2.05, 4.69) is 9.97 Å². The fraction of sp³-hybridized carbons (Fsp3) is 0.415. The predicted molar refractivity (Wildman–Crippen MR) is 187 cm³/mol. The smallest absolute Gasteiger partial charge is 0.315 e. The first-order chi connectivity index (χ1) is 23.2. The van der Waals surface area contributed by atoms with Crippen LogP contribution in [-0.4, -0.2) is 32.1 Å². The zero-order chi connectivity index (χ0) is 35.1. The van der Waals surface area contributed by atoms with Crippen molar-refractivity contribution in [2.75, 3.05) is 0 Å². The minimum Gasteiger partial charge on any atom is -0.426 e. The monoisotopic (exact) mass is 662 g/mol. The Kier molecular flexibility index (Phi) is 9.48. The molecule has 2 fully saturated rings. The number of hydrogen-bond acceptors (Lipinski definition) is 8. The number of aromatic nitrogens is 2. The lowest BCUT2D eigenvalue weighted by atomic mass is 9.79. The second-order valence-electron chi connectivity index (χ2n) is 15.7. The van der Waals surface area contributed by atoms with Crippen LogP contribution in [0.5, 0.6) is 11.5 Å². The Balaban J connectivity index is 1.11. The highest BCUT2D eigenvalue weighted by atomic mass is 16.5. The molecule has 0 unspecified atom stereocenters. The first kappa shape index (κ1) is 34.5. The van der Waals surface area contributed by atoms with E-state index < -0.39 is 36.0 Å². The summed E-state index contributed by atoms with van der Waals surface area (Å²) in [4.78, 5) is 36.5. The average Bonchev–Trinajstić information content (AvgIpc) is 3.70. The first-order valence-electron chi connectivity index (χ1n) is 17.1. The third-order valence-corrected chi connectivity index (χ3v) is 9.94. The molecule has 2 aliphatic carbocycles. The molecule has 0 radical (unpaired) electrons. The van der Waals surface area contributed by atoms with Crippen molar-refractivity contribution in [1.29, 1.82) is 0 Å². The molecule has 2 aromatic carbocycles. The van der Waals surface area contributed by atoms with Gasteiger partial charge in [0, 0.05) is 11.1 Å². The number of carbonyl (C=O) groups excluding carboxylic acids is 2. The zero-order valence-electron chi connectivity index (χ0n) is 29.1. The SMILES string of the molecule is CC(C)(C)[C@@H](O)c1cccc(-c2ccc(OC(=O)[C@@H]3[C@H]4CC[C@H](C4)[C@@H]3C(=O)Oc3ccc(-c4cccc([C@H](O)C(C)(C)C)n4)cc3)cc2)n1. The summed E-state index contributed by atoms with van der Waals surface area (Å²) in [6.07, 6.45) is 1.17. The maximum atomic E-state index is 13.6. The van der Waals surface area contributed by atoms with Gasteiger partial charge in [0.1, 0.15) is 23.7 Å². The number of aliphatic hydroxyl groups excluding tert-OH is 2. The highest BCUT2D eigenvalue weighted by molar-refractivity contribution is 5.86. The summed E-state index contributed by atoms with van der Waals surface area (Å²) < 4.78 is 11.7. The molecule has 0 saturated heterocycles. The minimum atomic E-state index is -0.706. The fourth-order valence-corrected chi connectivity index (χ4v) is 7.14. The molecule has 0 aliphatic heterocycles. The molecule has 4 aromatic rings. The van der Waals surface area contributed by atoms with Crippen molar-refractivity contribution >= 4 is 11.9 Å². The van der Waals surface area contributed by atoms with Crippen LogP contribution in [0, 0.1) is 34.5 Å². The van der Waals surface area contributed by atoms with Gasteiger partial charge >= 0.3 is 11.9 Å². The number of aliphatic hydroxyl groups is 2. The van der Waals surface area contributed by atoms with Gasteiger partial charge in [0.25, 0.3) is 0 Å². The minimum absolute atomic E-state index is 0.0830. The Bertz CT molecular complexity index is 1670. The molecule has 2 aliphatic rings. The van der Waals surface area contributed by atoms with E-state index in [0.717, 1.165) is 30.4 Å². The van der Waals surface area contributed by atoms with Crippen molar-refractivity contribution in [2.45, 2.75) is 73.0 Å². The Morgan fingerprint density at radius 2 is 0.980 bits per heavy atom. The largest absolute Gasteiger partial charge is 0.426 e. The molecule has 8 heteroatoms. The summed E-state index contributed by atoms with van der Waals surface area (Å²) in [5, 5.41) is 21.4. The highest BCUT2D eigenvalue weighted by Gasteiger charge is 2.55. The summed E-state index contributed by atoms with van der Waals surface area (Å²) in [7, 11) is 0. The van der Waals surface area contributed by atoms with Gasteiger partial charge in [-0.1, -0.05) is 53.7 Å². The van der Waals surface area contributed by atoms with E-state index >= 15 is 0 Å². The van der Waals surface area contributed by atoms with Crippen LogP contribution in [0.15, 0.2) is 84.9 Å². The topological polar surface area (TPSA) is 119 Å². The molecule has 6 atom stereocenters. The third kappa shape index (κ3) is 7.46. The van der Waals surface area contributed by atoms with Gasteiger partial charge in [0.05, 0.1) is 34.6 Å². The van der Waals surface area contributed by atoms with Gasteiger partial charge < -0.3 is 19.7 Å². The van der Waals surface area contributed by atoms with E-state index in [4.69, 9.17) is 9.47 Å². The first-order valence-corrected chi connectivity index (χ1v) is 17.1. The molecule has 2 saturated carbocycles. The number of fused-ring (bicyclic) bond motifs is 2. The molecular weight excluding hydrogens is 616 g/mol. The van der Waals surface area contributed by atoms with Crippen molar-refractivity contribution in [1.82, 2.24) is 9.97 Å². The highest BCUT2D eigenvalue weighted by Crippen LogP contribution is 2.53. The number of nitrogens with zero attached hydrogens (tertiary/aromatic N) is 2. The normalized spacial score (nSPS) is 21.6. The molecule has 2 N–H and O–H groups in total. The predicted octanol–water partition coefficient (Wildman–Crippen LogP) is 8.14. The molecule has 2 bridgehead atoms. The molecule has 0 amide bonds. The fourth-order valence-electron chi connectivity index (χ4n) is 7.14. The Morgan fingerprint density at radius 1 is 0.612 bits per heavy atom. The van der Waals surface area contributed by atoms with Crippen molar-refractivity contribution in [2.24, 2.45) is 34.5 Å². The lowest BCUT2D eigenvalue weighted by Gasteiger charge is -2.27. The third-order valence-electron chi connectivity index (χ3n) is 9.94. The van der Waals surface area contributed by atoms with Gasteiger partial charge in [0.15, 0.2) is 0 Å². The van der Waals surface area contributed by atoms with E-state index in [-0.39, 0.29) is 22.7 Å². The van der Waals surface area contributed by atoms with Crippen molar-refractivity contribution in [3.8, 4) is 34.0 Å². The second kappa shape index (κ2) is 13.5. The number of rotatable bonds is 8. The molecule has 49 heavy (non-hydrogen) atoms. The number of pyridine rings is 2. The summed E-state index contributed by atoms with van der Waals surface area (Å²) >= 11 is 0. The maximum Gasteiger partial charge on any atom is 0.315 e. The molecule has 2 heterocycles. The average molecular weight is 663 g/mol. The Morgan fingerprint density at radius 3 is 1.33 bits per heavy atom. The van der Waals surface area contributed by atoms with Crippen LogP contribution in [0.3, 0.4) is 0 Å². The van der Waals surface area contributed by atoms with E-state index in [9.17, 15) is 19.8 Å². The number of benzene rings is 2. The van der Waals surface area contributed by atoms with Crippen LogP contribution in [0.25, 0.3) is 22.5 Å². The number of esters is 2. The summed E-state index contributed by atoms with van der Waals surface area (Å²) in [5.41, 5.74) is 3.61. The van der Waals surface area contributed by atoms with Gasteiger partial charge in [-0.05, 0) is 115 Å². The van der Waals surface area contributed by atoms with Gasteiger partial charge in [-0.3, -0.25) is 19.6 Å². The number of carbonyl (C=O) groups is 2. The van der Waals surface area contributed by atoms with E-state index in [0.29, 0.717) is 34.3 Å². The maximum absolute atomic E-state index is 13.6.